The van der Waals surface area contributed by atoms with Crippen LogP contribution in [-0.2, 0) is 0 Å². The molecule has 1 aromatic carbocycles. The zero-order valence-corrected chi connectivity index (χ0v) is 12.3. The summed E-state index contributed by atoms with van der Waals surface area (Å²) in [5, 5.41) is 5.50. The summed E-state index contributed by atoms with van der Waals surface area (Å²) in [7, 11) is 0. The number of hydrogen-bond acceptors (Lipinski definition) is 3. The Morgan fingerprint density at radius 1 is 1.39 bits per heavy atom. The number of carbonyl (C=O) groups excluding carboxylic acids is 1. The van der Waals surface area contributed by atoms with Crippen LogP contribution in [-0.4, -0.2) is 5.78 Å². The van der Waals surface area contributed by atoms with Crippen LogP contribution in [0.5, 0.6) is 0 Å². The van der Waals surface area contributed by atoms with Crippen molar-refractivity contribution in [2.24, 2.45) is 0 Å². The van der Waals surface area contributed by atoms with Crippen LogP contribution in [0.2, 0.25) is 5.02 Å². The normalized spacial score (nSPS) is 10.8. The van der Waals surface area contributed by atoms with Gasteiger partial charge in [0.15, 0.2) is 5.78 Å². The first-order valence-electron chi connectivity index (χ1n) is 5.13. The van der Waals surface area contributed by atoms with Gasteiger partial charge < -0.3 is 5.32 Å². The highest BCUT2D eigenvalue weighted by molar-refractivity contribution is 9.10. The minimum absolute atomic E-state index is 0.0132. The Labute approximate surface area is 122 Å². The van der Waals surface area contributed by atoms with Crippen molar-refractivity contribution in [1.82, 2.24) is 0 Å². The van der Waals surface area contributed by atoms with E-state index in [2.05, 4.69) is 21.2 Å². The predicted molar refractivity (Wildman–Crippen MR) is 80.6 cm³/mol. The van der Waals surface area contributed by atoms with Crippen molar-refractivity contribution >= 4 is 50.3 Å². The molecule has 5 heteroatoms. The van der Waals surface area contributed by atoms with Gasteiger partial charge in [-0.1, -0.05) is 17.7 Å². The van der Waals surface area contributed by atoms with Crippen molar-refractivity contribution in [3.63, 3.8) is 0 Å². The van der Waals surface area contributed by atoms with E-state index in [1.54, 1.807) is 18.3 Å². The minimum atomic E-state index is -0.0132. The molecule has 1 aromatic heterocycles. The van der Waals surface area contributed by atoms with E-state index < -0.39 is 0 Å². The summed E-state index contributed by atoms with van der Waals surface area (Å²) in [4.78, 5) is 12.4. The zero-order chi connectivity index (χ0) is 13.0. The minimum Gasteiger partial charge on any atom is -0.362 e. The van der Waals surface area contributed by atoms with E-state index in [4.69, 9.17) is 11.6 Å². The zero-order valence-electron chi connectivity index (χ0n) is 9.19. The van der Waals surface area contributed by atoms with Crippen LogP contribution in [0.3, 0.4) is 0 Å². The standard InChI is InChI=1S/C13H9BrClNOS/c14-10-4-3-9(8-11(10)15)16-6-5-12(17)13-2-1-7-18-13/h1-8,16H/b6-5+. The summed E-state index contributed by atoms with van der Waals surface area (Å²) in [6, 6.07) is 9.16. The lowest BCUT2D eigenvalue weighted by molar-refractivity contribution is 0.105. The third kappa shape index (κ3) is 3.45. The molecule has 1 N–H and O–H groups in total. The molecule has 0 amide bonds. The van der Waals surface area contributed by atoms with Crippen molar-refractivity contribution in [2.45, 2.75) is 0 Å². The fraction of sp³-hybridized carbons (Fsp3) is 0. The first kappa shape index (κ1) is 13.3. The van der Waals surface area contributed by atoms with Gasteiger partial charge in [-0.25, -0.2) is 0 Å². The van der Waals surface area contributed by atoms with E-state index >= 15 is 0 Å². The van der Waals surface area contributed by atoms with Gasteiger partial charge >= 0.3 is 0 Å². The Balaban J connectivity index is 1.99. The SMILES string of the molecule is O=C(/C=C/Nc1ccc(Br)c(Cl)c1)c1cccs1. The van der Waals surface area contributed by atoms with Crippen molar-refractivity contribution in [1.29, 1.82) is 0 Å². The average Bonchev–Trinajstić information content (AvgIpc) is 2.87. The largest absolute Gasteiger partial charge is 0.362 e. The molecule has 0 unspecified atom stereocenters. The van der Waals surface area contributed by atoms with Crippen LogP contribution in [0.4, 0.5) is 5.69 Å². The van der Waals surface area contributed by atoms with Crippen LogP contribution < -0.4 is 5.32 Å². The van der Waals surface area contributed by atoms with Gasteiger partial charge in [0.05, 0.1) is 9.90 Å². The molecule has 0 aliphatic heterocycles. The van der Waals surface area contributed by atoms with Gasteiger partial charge in [0, 0.05) is 22.4 Å². The molecule has 0 aliphatic rings. The Kier molecular flexibility index (Phi) is 4.58. The molecule has 1 heterocycles. The number of nitrogens with one attached hydrogen (secondary N) is 1. The van der Waals surface area contributed by atoms with Gasteiger partial charge in [-0.3, -0.25) is 4.79 Å². The Bertz CT molecular complexity index is 581. The molecule has 18 heavy (non-hydrogen) atoms. The lowest BCUT2D eigenvalue weighted by atomic mass is 10.3. The van der Waals surface area contributed by atoms with Crippen LogP contribution in [0, 0.1) is 0 Å². The first-order chi connectivity index (χ1) is 8.66. The molecule has 2 nitrogen and oxygen atoms in total. The molecule has 0 atom stereocenters. The maximum atomic E-state index is 11.7. The number of hydrogen-bond donors (Lipinski definition) is 1. The van der Waals surface area contributed by atoms with Gasteiger partial charge in [-0.2, -0.15) is 0 Å². The Morgan fingerprint density at radius 2 is 2.22 bits per heavy atom. The highest BCUT2D eigenvalue weighted by atomic mass is 79.9. The van der Waals surface area contributed by atoms with E-state index in [0.717, 1.165) is 15.0 Å². The fourth-order valence-electron chi connectivity index (χ4n) is 1.30. The molecule has 92 valence electrons. The predicted octanol–water partition coefficient (Wildman–Crippen LogP) is 4.97. The second kappa shape index (κ2) is 6.18. The van der Waals surface area contributed by atoms with Crippen molar-refractivity contribution in [3.05, 3.63) is 62.4 Å². The fourth-order valence-corrected chi connectivity index (χ4v) is 2.37. The number of halogens is 2. The highest BCUT2D eigenvalue weighted by Crippen LogP contribution is 2.25. The molecule has 0 radical (unpaired) electrons. The summed E-state index contributed by atoms with van der Waals surface area (Å²) in [6.45, 7) is 0. The second-order valence-electron chi connectivity index (χ2n) is 3.45. The third-order valence-electron chi connectivity index (χ3n) is 2.17. The Hall–Kier alpha value is -1.10. The van der Waals surface area contributed by atoms with Gasteiger partial charge in [0.2, 0.25) is 0 Å². The molecule has 0 spiro atoms. The number of benzene rings is 1. The van der Waals surface area contributed by atoms with Crippen molar-refractivity contribution in [2.75, 3.05) is 5.32 Å². The number of ketones is 1. The Morgan fingerprint density at radius 3 is 2.89 bits per heavy atom. The van der Waals surface area contributed by atoms with E-state index in [0.29, 0.717) is 5.02 Å². The van der Waals surface area contributed by atoms with Gasteiger partial charge in [0.1, 0.15) is 0 Å². The van der Waals surface area contributed by atoms with Crippen molar-refractivity contribution < 1.29 is 4.79 Å². The highest BCUT2D eigenvalue weighted by Gasteiger charge is 2.01. The quantitative estimate of drug-likeness (QED) is 0.627. The molecular formula is C13H9BrClNOS. The molecule has 2 aromatic rings. The van der Waals surface area contributed by atoms with Crippen molar-refractivity contribution in [3.8, 4) is 0 Å². The monoisotopic (exact) mass is 341 g/mol. The van der Waals surface area contributed by atoms with E-state index in [-0.39, 0.29) is 5.78 Å². The number of rotatable bonds is 4. The van der Waals surface area contributed by atoms with Crippen LogP contribution >= 0.6 is 38.9 Å². The second-order valence-corrected chi connectivity index (χ2v) is 5.66. The topological polar surface area (TPSA) is 29.1 Å². The van der Waals surface area contributed by atoms with Crippen LogP contribution in [0.1, 0.15) is 9.67 Å². The summed E-state index contributed by atoms with van der Waals surface area (Å²) >= 11 is 10.7. The number of anilines is 1. The summed E-state index contributed by atoms with van der Waals surface area (Å²) in [5.74, 6) is -0.0132. The number of allylic oxidation sites excluding steroid dienone is 1. The lowest BCUT2D eigenvalue weighted by Gasteiger charge is -2.02. The smallest absolute Gasteiger partial charge is 0.197 e. The molecule has 0 aliphatic carbocycles. The molecule has 2 rings (SSSR count). The molecular weight excluding hydrogens is 334 g/mol. The van der Waals surface area contributed by atoms with Crippen LogP contribution in [0.25, 0.3) is 0 Å². The van der Waals surface area contributed by atoms with E-state index in [1.165, 1.54) is 17.4 Å². The number of carbonyl (C=O) groups is 1. The molecule has 0 bridgehead atoms. The molecule has 0 saturated heterocycles. The van der Waals surface area contributed by atoms with Gasteiger partial charge in [-0.05, 0) is 45.6 Å². The van der Waals surface area contributed by atoms with Crippen LogP contribution in [0.15, 0.2) is 52.5 Å². The molecule has 0 saturated carbocycles. The summed E-state index contributed by atoms with van der Waals surface area (Å²) in [6.07, 6.45) is 3.11. The number of thiophene rings is 1. The average molecular weight is 343 g/mol. The first-order valence-corrected chi connectivity index (χ1v) is 7.18. The lowest BCUT2D eigenvalue weighted by Crippen LogP contribution is -1.93. The van der Waals surface area contributed by atoms with Gasteiger partial charge in [-0.15, -0.1) is 11.3 Å². The van der Waals surface area contributed by atoms with Gasteiger partial charge in [0.25, 0.3) is 0 Å². The molecule has 0 fully saturated rings. The maximum Gasteiger partial charge on any atom is 0.197 e. The van der Waals surface area contributed by atoms with E-state index in [1.807, 2.05) is 23.6 Å². The third-order valence-corrected chi connectivity index (χ3v) is 4.29. The summed E-state index contributed by atoms with van der Waals surface area (Å²) < 4.78 is 0.841. The van der Waals surface area contributed by atoms with E-state index in [9.17, 15) is 4.79 Å². The summed E-state index contributed by atoms with van der Waals surface area (Å²) in [5.41, 5.74) is 0.832. The maximum absolute atomic E-state index is 11.7.